The van der Waals surface area contributed by atoms with Crippen molar-refractivity contribution >= 4 is 32.5 Å². The molecule has 0 amide bonds. The number of fused-ring (bicyclic) bond motifs is 2. The molecule has 3 heterocycles. The maximum absolute atomic E-state index is 13.2. The Bertz CT molecular complexity index is 1310. The monoisotopic (exact) mass is 437 g/mol. The average molecular weight is 438 g/mol. The molecular formula is C23H27N5O2S. The van der Waals surface area contributed by atoms with Crippen LogP contribution in [0.15, 0.2) is 39.9 Å². The fraction of sp³-hybridized carbons (Fsp3) is 0.435. The van der Waals surface area contributed by atoms with Crippen LogP contribution in [0.4, 0.5) is 0 Å². The molecule has 0 radical (unpaired) electrons. The van der Waals surface area contributed by atoms with Gasteiger partial charge < -0.3 is 9.88 Å². The van der Waals surface area contributed by atoms with E-state index >= 15 is 0 Å². The molecule has 3 aromatic heterocycles. The Morgan fingerprint density at radius 1 is 1.19 bits per heavy atom. The SMILES string of the molecule is Cc1c2c(=O)n(-c3nc4ccccc4s3)[nH]c2cc(=O)n1CCCNC1CCCCC1. The maximum atomic E-state index is 13.2. The molecule has 5 rings (SSSR count). The minimum atomic E-state index is -0.166. The van der Waals surface area contributed by atoms with Crippen molar-refractivity contribution in [2.45, 2.75) is 58.0 Å². The molecule has 0 aliphatic heterocycles. The van der Waals surface area contributed by atoms with Gasteiger partial charge in [0.15, 0.2) is 0 Å². The van der Waals surface area contributed by atoms with E-state index in [-0.39, 0.29) is 11.1 Å². The molecule has 162 valence electrons. The van der Waals surface area contributed by atoms with Crippen molar-refractivity contribution < 1.29 is 0 Å². The molecule has 0 bridgehead atoms. The number of hydrogen-bond donors (Lipinski definition) is 2. The van der Waals surface area contributed by atoms with Gasteiger partial charge in [-0.2, -0.15) is 4.68 Å². The van der Waals surface area contributed by atoms with Gasteiger partial charge in [0.1, 0.15) is 0 Å². The van der Waals surface area contributed by atoms with E-state index in [1.807, 2.05) is 31.2 Å². The molecular weight excluding hydrogens is 410 g/mol. The molecule has 0 spiro atoms. The van der Waals surface area contributed by atoms with Gasteiger partial charge in [-0.05, 0) is 44.9 Å². The van der Waals surface area contributed by atoms with Gasteiger partial charge in [0, 0.05) is 24.3 Å². The number of hydrogen-bond acceptors (Lipinski definition) is 5. The number of thiazole rings is 1. The highest BCUT2D eigenvalue weighted by atomic mass is 32.1. The molecule has 0 unspecified atom stereocenters. The van der Waals surface area contributed by atoms with Crippen molar-refractivity contribution in [1.29, 1.82) is 0 Å². The quantitative estimate of drug-likeness (QED) is 0.451. The summed E-state index contributed by atoms with van der Waals surface area (Å²) >= 11 is 1.45. The number of aromatic nitrogens is 4. The second-order valence-corrected chi connectivity index (χ2v) is 9.38. The van der Waals surface area contributed by atoms with Gasteiger partial charge >= 0.3 is 0 Å². The number of pyridine rings is 1. The van der Waals surface area contributed by atoms with Crippen molar-refractivity contribution in [3.63, 3.8) is 0 Å². The van der Waals surface area contributed by atoms with Crippen molar-refractivity contribution in [3.05, 3.63) is 56.7 Å². The van der Waals surface area contributed by atoms with Crippen LogP contribution in [0.3, 0.4) is 0 Å². The molecule has 1 fully saturated rings. The summed E-state index contributed by atoms with van der Waals surface area (Å²) in [4.78, 5) is 30.5. The van der Waals surface area contributed by atoms with Gasteiger partial charge in [-0.15, -0.1) is 0 Å². The Labute approximate surface area is 183 Å². The van der Waals surface area contributed by atoms with E-state index in [4.69, 9.17) is 0 Å². The maximum Gasteiger partial charge on any atom is 0.282 e. The third-order valence-electron chi connectivity index (χ3n) is 6.29. The van der Waals surface area contributed by atoms with E-state index in [1.54, 1.807) is 4.57 Å². The molecule has 0 atom stereocenters. The number of para-hydroxylation sites is 1. The van der Waals surface area contributed by atoms with Crippen LogP contribution in [0.2, 0.25) is 0 Å². The molecule has 0 saturated heterocycles. The van der Waals surface area contributed by atoms with Crippen LogP contribution in [-0.2, 0) is 6.54 Å². The van der Waals surface area contributed by atoms with E-state index in [2.05, 4.69) is 15.4 Å². The topological polar surface area (TPSA) is 84.7 Å². The highest BCUT2D eigenvalue weighted by Gasteiger charge is 2.17. The smallest absolute Gasteiger partial charge is 0.282 e. The number of aryl methyl sites for hydroxylation is 1. The van der Waals surface area contributed by atoms with Crippen molar-refractivity contribution in [1.82, 2.24) is 24.6 Å². The predicted molar refractivity (Wildman–Crippen MR) is 126 cm³/mol. The Morgan fingerprint density at radius 3 is 2.81 bits per heavy atom. The molecule has 8 heteroatoms. The number of H-pyrrole nitrogens is 1. The van der Waals surface area contributed by atoms with Gasteiger partial charge in [0.05, 0.1) is 21.1 Å². The molecule has 7 nitrogen and oxygen atoms in total. The second-order valence-electron chi connectivity index (χ2n) is 8.37. The summed E-state index contributed by atoms with van der Waals surface area (Å²) in [6.45, 7) is 3.35. The van der Waals surface area contributed by atoms with E-state index < -0.39 is 0 Å². The Morgan fingerprint density at radius 2 is 2.00 bits per heavy atom. The van der Waals surface area contributed by atoms with E-state index in [9.17, 15) is 9.59 Å². The Hall–Kier alpha value is -2.71. The molecule has 1 saturated carbocycles. The predicted octanol–water partition coefficient (Wildman–Crippen LogP) is 3.71. The highest BCUT2D eigenvalue weighted by Crippen LogP contribution is 2.24. The summed E-state index contributed by atoms with van der Waals surface area (Å²) in [5.74, 6) is 0. The number of aromatic amines is 1. The zero-order chi connectivity index (χ0) is 21.4. The molecule has 4 aromatic rings. The summed E-state index contributed by atoms with van der Waals surface area (Å²) in [6.07, 6.45) is 7.32. The standard InChI is InChI=1S/C23H27N5O2S/c1-15-21-18(14-20(29)27(15)13-7-12-24-16-8-3-2-4-9-16)26-28(22(21)30)23-25-17-10-5-6-11-19(17)31-23/h5-6,10-11,14,16,24,26H,2-4,7-9,12-13H2,1H3. The third kappa shape index (κ3) is 3.85. The van der Waals surface area contributed by atoms with E-state index in [0.29, 0.717) is 34.3 Å². The second kappa shape index (κ2) is 8.43. The first-order chi connectivity index (χ1) is 15.1. The fourth-order valence-corrected chi connectivity index (χ4v) is 5.55. The first kappa shape index (κ1) is 20.2. The molecule has 2 N–H and O–H groups in total. The van der Waals surface area contributed by atoms with Gasteiger partial charge in [-0.25, -0.2) is 4.98 Å². The Balaban J connectivity index is 1.41. The zero-order valence-corrected chi connectivity index (χ0v) is 18.5. The largest absolute Gasteiger partial charge is 0.314 e. The molecule has 1 aromatic carbocycles. The number of nitrogens with zero attached hydrogens (tertiary/aromatic N) is 3. The average Bonchev–Trinajstić information content (AvgIpc) is 3.34. The van der Waals surface area contributed by atoms with Crippen molar-refractivity contribution in [3.8, 4) is 5.13 Å². The minimum absolute atomic E-state index is 0.0830. The fourth-order valence-electron chi connectivity index (χ4n) is 4.63. The van der Waals surface area contributed by atoms with Crippen LogP contribution in [0, 0.1) is 6.92 Å². The summed E-state index contributed by atoms with van der Waals surface area (Å²) in [5.41, 5.74) is 1.88. The van der Waals surface area contributed by atoms with Crippen LogP contribution in [0.25, 0.3) is 26.3 Å². The lowest BCUT2D eigenvalue weighted by molar-refractivity contribution is 0.368. The highest BCUT2D eigenvalue weighted by molar-refractivity contribution is 7.20. The minimum Gasteiger partial charge on any atom is -0.314 e. The van der Waals surface area contributed by atoms with E-state index in [0.717, 1.165) is 23.2 Å². The van der Waals surface area contributed by atoms with Crippen molar-refractivity contribution in [2.24, 2.45) is 0 Å². The van der Waals surface area contributed by atoms with E-state index in [1.165, 1.54) is 54.2 Å². The van der Waals surface area contributed by atoms with Gasteiger partial charge in [0.2, 0.25) is 5.13 Å². The molecule has 1 aliphatic rings. The summed E-state index contributed by atoms with van der Waals surface area (Å²) in [6, 6.07) is 9.94. The third-order valence-corrected chi connectivity index (χ3v) is 7.31. The molecule has 1 aliphatic carbocycles. The summed E-state index contributed by atoms with van der Waals surface area (Å²) in [5, 5.41) is 7.85. The summed E-state index contributed by atoms with van der Waals surface area (Å²) < 4.78 is 4.20. The normalized spacial score (nSPS) is 15.3. The van der Waals surface area contributed by atoms with Crippen LogP contribution in [0.5, 0.6) is 0 Å². The molecule has 31 heavy (non-hydrogen) atoms. The number of nitrogens with one attached hydrogen (secondary N) is 2. The summed E-state index contributed by atoms with van der Waals surface area (Å²) in [7, 11) is 0. The first-order valence-corrected chi connectivity index (χ1v) is 11.9. The number of benzene rings is 1. The van der Waals surface area contributed by atoms with Crippen LogP contribution >= 0.6 is 11.3 Å². The van der Waals surface area contributed by atoms with Gasteiger partial charge in [-0.3, -0.25) is 14.7 Å². The first-order valence-electron chi connectivity index (χ1n) is 11.1. The van der Waals surface area contributed by atoms with Crippen LogP contribution in [-0.4, -0.2) is 31.9 Å². The lowest BCUT2D eigenvalue weighted by atomic mass is 9.95. The van der Waals surface area contributed by atoms with Crippen LogP contribution < -0.4 is 16.4 Å². The van der Waals surface area contributed by atoms with Gasteiger partial charge in [0.25, 0.3) is 11.1 Å². The van der Waals surface area contributed by atoms with Crippen molar-refractivity contribution in [2.75, 3.05) is 6.54 Å². The number of rotatable bonds is 6. The van der Waals surface area contributed by atoms with Gasteiger partial charge in [-0.1, -0.05) is 42.7 Å². The lowest BCUT2D eigenvalue weighted by Gasteiger charge is -2.23. The zero-order valence-electron chi connectivity index (χ0n) is 17.7. The Kier molecular flexibility index (Phi) is 5.50. The van der Waals surface area contributed by atoms with Crippen LogP contribution in [0.1, 0.15) is 44.2 Å². The lowest BCUT2D eigenvalue weighted by Crippen LogP contribution is -2.33.